The van der Waals surface area contributed by atoms with Gasteiger partial charge in [-0.15, -0.1) is 11.6 Å². The van der Waals surface area contributed by atoms with Crippen molar-refractivity contribution in [3.8, 4) is 0 Å². The zero-order valence-electron chi connectivity index (χ0n) is 8.53. The fourth-order valence-corrected chi connectivity index (χ4v) is 2.28. The number of aromatic nitrogens is 2. The molecule has 0 radical (unpaired) electrons. The second kappa shape index (κ2) is 4.31. The van der Waals surface area contributed by atoms with Crippen molar-refractivity contribution in [1.82, 2.24) is 9.97 Å². The smallest absolute Gasteiger partial charge is 0.225 e. The lowest BCUT2D eigenvalue weighted by Crippen LogP contribution is -2.35. The van der Waals surface area contributed by atoms with Gasteiger partial charge in [-0.1, -0.05) is 0 Å². The first-order chi connectivity index (χ1) is 7.15. The van der Waals surface area contributed by atoms with Crippen LogP contribution >= 0.6 is 11.6 Å². The van der Waals surface area contributed by atoms with Crippen LogP contribution in [0, 0.1) is 11.7 Å². The van der Waals surface area contributed by atoms with Gasteiger partial charge in [-0.2, -0.15) is 0 Å². The highest BCUT2D eigenvalue weighted by Crippen LogP contribution is 2.32. The minimum absolute atomic E-state index is 0.331. The number of hydrogen-bond donors (Lipinski definition) is 0. The van der Waals surface area contributed by atoms with Crippen LogP contribution in [0.15, 0.2) is 12.4 Å². The molecular formula is C10H13ClFN3. The third-order valence-corrected chi connectivity index (χ3v) is 3.01. The summed E-state index contributed by atoms with van der Waals surface area (Å²) >= 11 is 5.89. The molecule has 1 aliphatic carbocycles. The van der Waals surface area contributed by atoms with Gasteiger partial charge in [-0.3, -0.25) is 0 Å². The Labute approximate surface area is 93.3 Å². The minimum atomic E-state index is -0.406. The van der Waals surface area contributed by atoms with Crippen LogP contribution in [0.5, 0.6) is 0 Å². The molecule has 0 unspecified atom stereocenters. The molecule has 5 heteroatoms. The lowest BCUT2D eigenvalue weighted by Gasteiger charge is -2.34. The zero-order chi connectivity index (χ0) is 10.8. The van der Waals surface area contributed by atoms with E-state index in [4.69, 9.17) is 11.6 Å². The van der Waals surface area contributed by atoms with Gasteiger partial charge in [0.2, 0.25) is 5.95 Å². The summed E-state index contributed by atoms with van der Waals surface area (Å²) in [6.07, 6.45) is 4.47. The number of halogens is 2. The number of anilines is 1. The van der Waals surface area contributed by atoms with Gasteiger partial charge in [0.15, 0.2) is 5.82 Å². The summed E-state index contributed by atoms with van der Waals surface area (Å²) in [6, 6.07) is 0. The van der Waals surface area contributed by atoms with Gasteiger partial charge < -0.3 is 4.90 Å². The molecule has 0 spiro atoms. The van der Waals surface area contributed by atoms with Crippen LogP contribution in [0.2, 0.25) is 0 Å². The van der Waals surface area contributed by atoms with Gasteiger partial charge in [-0.25, -0.2) is 14.4 Å². The Morgan fingerprint density at radius 1 is 1.47 bits per heavy atom. The van der Waals surface area contributed by atoms with Crippen LogP contribution in [0.25, 0.3) is 0 Å². The lowest BCUT2D eigenvalue weighted by atomic mass is 9.84. The fourth-order valence-electron chi connectivity index (χ4n) is 1.77. The highest BCUT2D eigenvalue weighted by atomic mass is 35.5. The predicted octanol–water partition coefficient (Wildman–Crippen LogP) is 2.07. The molecule has 0 N–H and O–H groups in total. The molecule has 0 amide bonds. The van der Waals surface area contributed by atoms with Crippen molar-refractivity contribution in [1.29, 1.82) is 0 Å². The maximum absolute atomic E-state index is 12.6. The predicted molar refractivity (Wildman–Crippen MR) is 57.6 cm³/mol. The lowest BCUT2D eigenvalue weighted by molar-refractivity contribution is 0.328. The van der Waals surface area contributed by atoms with Crippen LogP contribution in [-0.4, -0.2) is 28.9 Å². The molecule has 0 bridgehead atoms. The highest BCUT2D eigenvalue weighted by molar-refractivity contribution is 6.21. The normalized spacial score (nSPS) is 24.7. The van der Waals surface area contributed by atoms with E-state index in [0.29, 0.717) is 17.2 Å². The number of rotatable bonds is 3. The summed E-state index contributed by atoms with van der Waals surface area (Å²) in [5.74, 6) is 0.775. The maximum atomic E-state index is 12.6. The quantitative estimate of drug-likeness (QED) is 0.743. The molecule has 2 rings (SSSR count). The molecular weight excluding hydrogens is 217 g/mol. The van der Waals surface area contributed by atoms with Crippen molar-refractivity contribution >= 4 is 17.5 Å². The van der Waals surface area contributed by atoms with Gasteiger partial charge in [0.1, 0.15) is 0 Å². The molecule has 1 saturated carbocycles. The second-order valence-electron chi connectivity index (χ2n) is 4.02. The molecule has 1 aromatic heterocycles. The molecule has 0 aromatic carbocycles. The molecule has 0 atom stereocenters. The van der Waals surface area contributed by atoms with Crippen LogP contribution in [0.3, 0.4) is 0 Å². The van der Waals surface area contributed by atoms with Gasteiger partial charge >= 0.3 is 0 Å². The first-order valence-electron chi connectivity index (χ1n) is 4.98. The highest BCUT2D eigenvalue weighted by Gasteiger charge is 2.28. The molecule has 1 heterocycles. The molecule has 1 aromatic rings. The van der Waals surface area contributed by atoms with E-state index in [0.717, 1.165) is 19.4 Å². The molecule has 3 nitrogen and oxygen atoms in total. The van der Waals surface area contributed by atoms with Crippen molar-refractivity contribution < 1.29 is 4.39 Å². The number of hydrogen-bond acceptors (Lipinski definition) is 3. The Bertz CT molecular complexity index is 324. The van der Waals surface area contributed by atoms with Crippen molar-refractivity contribution in [2.24, 2.45) is 5.92 Å². The third kappa shape index (κ3) is 2.56. The Kier molecular flexibility index (Phi) is 3.05. The van der Waals surface area contributed by atoms with Crippen LogP contribution in [0.4, 0.5) is 10.3 Å². The first-order valence-corrected chi connectivity index (χ1v) is 5.41. The summed E-state index contributed by atoms with van der Waals surface area (Å²) < 4.78 is 12.6. The van der Waals surface area contributed by atoms with E-state index < -0.39 is 5.82 Å². The molecule has 15 heavy (non-hydrogen) atoms. The molecule has 1 fully saturated rings. The van der Waals surface area contributed by atoms with E-state index >= 15 is 0 Å². The monoisotopic (exact) mass is 229 g/mol. The summed E-state index contributed by atoms with van der Waals surface area (Å²) in [5.41, 5.74) is 0. The Morgan fingerprint density at radius 2 is 2.07 bits per heavy atom. The van der Waals surface area contributed by atoms with E-state index in [1.54, 1.807) is 0 Å². The van der Waals surface area contributed by atoms with Crippen LogP contribution in [0.1, 0.15) is 12.8 Å². The van der Waals surface area contributed by atoms with E-state index in [1.165, 1.54) is 12.4 Å². The molecule has 1 aliphatic rings. The standard InChI is InChI=1S/C10H13ClFN3/c1-15(6-7-2-8(11)3-7)10-13-4-9(12)5-14-10/h4-5,7-8H,2-3,6H2,1H3. The van der Waals surface area contributed by atoms with E-state index in [1.807, 2.05) is 11.9 Å². The van der Waals surface area contributed by atoms with E-state index in [2.05, 4.69) is 9.97 Å². The summed E-state index contributed by atoms with van der Waals surface area (Å²) in [4.78, 5) is 9.77. The van der Waals surface area contributed by atoms with Crippen LogP contribution < -0.4 is 4.90 Å². The van der Waals surface area contributed by atoms with Crippen molar-refractivity contribution in [2.75, 3.05) is 18.5 Å². The maximum Gasteiger partial charge on any atom is 0.225 e. The van der Waals surface area contributed by atoms with Gasteiger partial charge in [0.25, 0.3) is 0 Å². The minimum Gasteiger partial charge on any atom is -0.344 e. The second-order valence-corrected chi connectivity index (χ2v) is 4.63. The van der Waals surface area contributed by atoms with E-state index in [9.17, 15) is 4.39 Å². The molecule has 0 aliphatic heterocycles. The summed E-state index contributed by atoms with van der Waals surface area (Å²) in [5, 5.41) is 0.331. The number of alkyl halides is 1. The van der Waals surface area contributed by atoms with Gasteiger partial charge in [0, 0.05) is 19.0 Å². The first kappa shape index (κ1) is 10.6. The summed E-state index contributed by atoms with van der Waals surface area (Å²) in [6.45, 7) is 0.884. The Morgan fingerprint density at radius 3 is 2.60 bits per heavy atom. The fraction of sp³-hybridized carbons (Fsp3) is 0.600. The Hall–Kier alpha value is -0.900. The zero-order valence-corrected chi connectivity index (χ0v) is 9.28. The third-order valence-electron chi connectivity index (χ3n) is 2.66. The molecule has 0 saturated heterocycles. The average molecular weight is 230 g/mol. The van der Waals surface area contributed by atoms with Gasteiger partial charge in [0.05, 0.1) is 12.4 Å². The van der Waals surface area contributed by atoms with E-state index in [-0.39, 0.29) is 0 Å². The molecule has 82 valence electrons. The summed E-state index contributed by atoms with van der Waals surface area (Å²) in [7, 11) is 1.91. The largest absolute Gasteiger partial charge is 0.344 e. The van der Waals surface area contributed by atoms with Crippen molar-refractivity contribution in [2.45, 2.75) is 18.2 Å². The average Bonchev–Trinajstić information content (AvgIpc) is 2.16. The SMILES string of the molecule is CN(CC1CC(Cl)C1)c1ncc(F)cn1. The topological polar surface area (TPSA) is 29.0 Å². The number of nitrogens with zero attached hydrogens (tertiary/aromatic N) is 3. The Balaban J connectivity index is 1.90. The van der Waals surface area contributed by atoms with Crippen molar-refractivity contribution in [3.63, 3.8) is 0 Å². The van der Waals surface area contributed by atoms with Crippen molar-refractivity contribution in [3.05, 3.63) is 18.2 Å². The van der Waals surface area contributed by atoms with Gasteiger partial charge in [-0.05, 0) is 18.8 Å². The van der Waals surface area contributed by atoms with Crippen LogP contribution in [-0.2, 0) is 0 Å².